The molecule has 5 heteroatoms. The second-order valence-corrected chi connectivity index (χ2v) is 4.51. The number of rotatable bonds is 4. The van der Waals surface area contributed by atoms with Gasteiger partial charge in [-0.15, -0.1) is 0 Å². The minimum Gasteiger partial charge on any atom is -0.480 e. The third-order valence-electron chi connectivity index (χ3n) is 2.71. The molecule has 2 aromatic carbocycles. The highest BCUT2D eigenvalue weighted by molar-refractivity contribution is 6.34. The van der Waals surface area contributed by atoms with Crippen LogP contribution in [0.2, 0.25) is 5.02 Å². The third-order valence-corrected chi connectivity index (χ3v) is 3.04. The van der Waals surface area contributed by atoms with Crippen LogP contribution in [0.4, 0.5) is 5.69 Å². The summed E-state index contributed by atoms with van der Waals surface area (Å²) in [6.07, 6.45) is 0. The molecule has 1 N–H and O–H groups in total. The van der Waals surface area contributed by atoms with Gasteiger partial charge in [-0.05, 0) is 24.3 Å². The van der Waals surface area contributed by atoms with E-state index in [9.17, 15) is 9.59 Å². The molecule has 0 saturated heterocycles. The van der Waals surface area contributed by atoms with E-state index in [1.807, 2.05) is 0 Å². The standard InChI is InChI=1S/C15H12ClNO3/c16-13-9-5-4-8-12(13)15(20)17(10-14(18)19)11-6-2-1-3-7-11/h1-9H,10H2,(H,18,19). The van der Waals surface area contributed by atoms with Gasteiger partial charge in [-0.3, -0.25) is 14.5 Å². The summed E-state index contributed by atoms with van der Waals surface area (Å²) in [5, 5.41) is 9.28. The van der Waals surface area contributed by atoms with Crippen molar-refractivity contribution in [3.8, 4) is 0 Å². The monoisotopic (exact) mass is 289 g/mol. The molecule has 0 aromatic heterocycles. The number of carboxylic acid groups (broad SMARTS) is 1. The molecule has 2 rings (SSSR count). The smallest absolute Gasteiger partial charge is 0.323 e. The predicted octanol–water partition coefficient (Wildman–Crippen LogP) is 3.07. The first-order valence-electron chi connectivity index (χ1n) is 5.93. The number of para-hydroxylation sites is 1. The zero-order chi connectivity index (χ0) is 14.5. The number of nitrogens with zero attached hydrogens (tertiary/aromatic N) is 1. The molecule has 0 aliphatic carbocycles. The van der Waals surface area contributed by atoms with Gasteiger partial charge in [0.25, 0.3) is 5.91 Å². The van der Waals surface area contributed by atoms with Crippen molar-refractivity contribution in [1.29, 1.82) is 0 Å². The summed E-state index contributed by atoms with van der Waals surface area (Å²) >= 11 is 5.99. The molecule has 20 heavy (non-hydrogen) atoms. The number of benzene rings is 2. The molecule has 0 aliphatic heterocycles. The van der Waals surface area contributed by atoms with Gasteiger partial charge in [0.1, 0.15) is 6.54 Å². The minimum atomic E-state index is -1.09. The van der Waals surface area contributed by atoms with Crippen molar-refractivity contribution >= 4 is 29.2 Å². The highest BCUT2D eigenvalue weighted by Gasteiger charge is 2.21. The molecule has 0 saturated carbocycles. The van der Waals surface area contributed by atoms with Gasteiger partial charge in [-0.2, -0.15) is 0 Å². The van der Waals surface area contributed by atoms with Gasteiger partial charge in [0.2, 0.25) is 0 Å². The molecule has 1 amide bonds. The van der Waals surface area contributed by atoms with E-state index in [1.54, 1.807) is 54.6 Å². The number of carboxylic acids is 1. The maximum absolute atomic E-state index is 12.5. The molecule has 2 aromatic rings. The molecule has 0 unspecified atom stereocenters. The van der Waals surface area contributed by atoms with E-state index in [0.717, 1.165) is 0 Å². The number of hydrogen-bond acceptors (Lipinski definition) is 2. The molecular weight excluding hydrogens is 278 g/mol. The fourth-order valence-corrected chi connectivity index (χ4v) is 2.02. The van der Waals surface area contributed by atoms with Crippen LogP contribution in [0, 0.1) is 0 Å². The molecule has 0 heterocycles. The molecule has 102 valence electrons. The van der Waals surface area contributed by atoms with Gasteiger partial charge in [-0.1, -0.05) is 41.9 Å². The first-order valence-corrected chi connectivity index (χ1v) is 6.30. The van der Waals surface area contributed by atoms with Gasteiger partial charge < -0.3 is 5.11 Å². The summed E-state index contributed by atoms with van der Waals surface area (Å²) in [6.45, 7) is -0.423. The molecule has 0 radical (unpaired) electrons. The quantitative estimate of drug-likeness (QED) is 0.941. The van der Waals surface area contributed by atoms with Gasteiger partial charge >= 0.3 is 5.97 Å². The van der Waals surface area contributed by atoms with E-state index in [0.29, 0.717) is 10.7 Å². The molecular formula is C15H12ClNO3. The van der Waals surface area contributed by atoms with Crippen LogP contribution in [0.1, 0.15) is 10.4 Å². The third kappa shape index (κ3) is 3.16. The fourth-order valence-electron chi connectivity index (χ4n) is 1.80. The first-order chi connectivity index (χ1) is 9.59. The molecule has 0 spiro atoms. The van der Waals surface area contributed by atoms with Crippen molar-refractivity contribution in [2.75, 3.05) is 11.4 Å². The zero-order valence-corrected chi connectivity index (χ0v) is 11.2. The van der Waals surface area contributed by atoms with Crippen LogP contribution in [0.25, 0.3) is 0 Å². The highest BCUT2D eigenvalue weighted by atomic mass is 35.5. The Balaban J connectivity index is 2.40. The Morgan fingerprint density at radius 2 is 1.60 bits per heavy atom. The minimum absolute atomic E-state index is 0.277. The Bertz CT molecular complexity index is 628. The summed E-state index contributed by atoms with van der Waals surface area (Å²) < 4.78 is 0. The summed E-state index contributed by atoms with van der Waals surface area (Å²) in [7, 11) is 0. The number of carbonyl (C=O) groups excluding carboxylic acids is 1. The topological polar surface area (TPSA) is 57.6 Å². The van der Waals surface area contributed by atoms with Crippen LogP contribution < -0.4 is 4.90 Å². The number of amides is 1. The molecule has 0 atom stereocenters. The lowest BCUT2D eigenvalue weighted by atomic mass is 10.1. The largest absolute Gasteiger partial charge is 0.480 e. The number of carbonyl (C=O) groups is 2. The fraction of sp³-hybridized carbons (Fsp3) is 0.0667. The van der Waals surface area contributed by atoms with Crippen LogP contribution in [-0.2, 0) is 4.79 Å². The van der Waals surface area contributed by atoms with Crippen LogP contribution in [-0.4, -0.2) is 23.5 Å². The predicted molar refractivity (Wildman–Crippen MR) is 77.2 cm³/mol. The Hall–Kier alpha value is -2.33. The van der Waals surface area contributed by atoms with Crippen LogP contribution >= 0.6 is 11.6 Å². The Labute approximate surface area is 121 Å². The maximum Gasteiger partial charge on any atom is 0.323 e. The second kappa shape index (κ2) is 6.21. The lowest BCUT2D eigenvalue weighted by Crippen LogP contribution is -2.35. The van der Waals surface area contributed by atoms with Crippen LogP contribution in [0.15, 0.2) is 54.6 Å². The van der Waals surface area contributed by atoms with Crippen molar-refractivity contribution in [3.05, 3.63) is 65.2 Å². The average molecular weight is 290 g/mol. The normalized spacial score (nSPS) is 10.1. The first kappa shape index (κ1) is 14.1. The Morgan fingerprint density at radius 1 is 1.00 bits per heavy atom. The summed E-state index contributed by atoms with van der Waals surface area (Å²) in [4.78, 5) is 24.6. The van der Waals surface area contributed by atoms with E-state index < -0.39 is 18.4 Å². The Morgan fingerprint density at radius 3 is 2.20 bits per heavy atom. The number of halogens is 1. The van der Waals surface area contributed by atoms with Crippen LogP contribution in [0.3, 0.4) is 0 Å². The van der Waals surface area contributed by atoms with Crippen molar-refractivity contribution in [2.45, 2.75) is 0 Å². The van der Waals surface area contributed by atoms with Gasteiger partial charge in [0.15, 0.2) is 0 Å². The van der Waals surface area contributed by atoms with Crippen molar-refractivity contribution < 1.29 is 14.7 Å². The maximum atomic E-state index is 12.5. The Kier molecular flexibility index (Phi) is 4.38. The van der Waals surface area contributed by atoms with E-state index in [-0.39, 0.29) is 5.56 Å². The lowest BCUT2D eigenvalue weighted by molar-refractivity contribution is -0.135. The van der Waals surface area contributed by atoms with E-state index >= 15 is 0 Å². The van der Waals surface area contributed by atoms with E-state index in [1.165, 1.54) is 4.90 Å². The lowest BCUT2D eigenvalue weighted by Gasteiger charge is -2.21. The van der Waals surface area contributed by atoms with Gasteiger partial charge in [0.05, 0.1) is 10.6 Å². The van der Waals surface area contributed by atoms with Gasteiger partial charge in [0, 0.05) is 5.69 Å². The SMILES string of the molecule is O=C(O)CN(C(=O)c1ccccc1Cl)c1ccccc1. The van der Waals surface area contributed by atoms with E-state index in [2.05, 4.69) is 0 Å². The number of aliphatic carboxylic acids is 1. The average Bonchev–Trinajstić information content (AvgIpc) is 2.45. The summed E-state index contributed by atoms with van der Waals surface area (Å²) in [5.41, 5.74) is 0.791. The van der Waals surface area contributed by atoms with Crippen molar-refractivity contribution in [3.63, 3.8) is 0 Å². The molecule has 4 nitrogen and oxygen atoms in total. The molecule has 0 bridgehead atoms. The van der Waals surface area contributed by atoms with Crippen molar-refractivity contribution in [1.82, 2.24) is 0 Å². The zero-order valence-electron chi connectivity index (χ0n) is 10.5. The number of anilines is 1. The second-order valence-electron chi connectivity index (χ2n) is 4.10. The molecule has 0 aliphatic rings. The van der Waals surface area contributed by atoms with E-state index in [4.69, 9.17) is 16.7 Å². The van der Waals surface area contributed by atoms with Gasteiger partial charge in [-0.25, -0.2) is 0 Å². The van der Waals surface area contributed by atoms with Crippen molar-refractivity contribution in [2.24, 2.45) is 0 Å². The summed E-state index contributed by atoms with van der Waals surface area (Å²) in [5.74, 6) is -1.53. The molecule has 0 fully saturated rings. The number of hydrogen-bond donors (Lipinski definition) is 1. The highest BCUT2D eigenvalue weighted by Crippen LogP contribution is 2.21. The van der Waals surface area contributed by atoms with Crippen LogP contribution in [0.5, 0.6) is 0 Å². The summed E-state index contributed by atoms with van der Waals surface area (Å²) in [6, 6.07) is 15.2.